The number of esters is 1. The van der Waals surface area contributed by atoms with Crippen molar-refractivity contribution in [2.75, 3.05) is 46.4 Å². The average molecular weight is 444 g/mol. The van der Waals surface area contributed by atoms with E-state index in [1.54, 1.807) is 5.38 Å². The minimum absolute atomic E-state index is 0.0365. The molecular weight excluding hydrogens is 422 g/mol. The van der Waals surface area contributed by atoms with Crippen LogP contribution in [0.1, 0.15) is 20.0 Å². The van der Waals surface area contributed by atoms with Crippen LogP contribution < -0.4 is 4.72 Å². The van der Waals surface area contributed by atoms with Gasteiger partial charge in [0.1, 0.15) is 9.77 Å². The summed E-state index contributed by atoms with van der Waals surface area (Å²) in [5.41, 5.74) is 0.711. The second-order valence-electron chi connectivity index (χ2n) is 6.15. The standard InChI is InChI=1S/C17H21N3O5S3/c1-25-17(22)15-14(3-11-27-15)28(23,24)18-4-5-19-6-8-20(9-7-19)16(21)13-2-10-26-12-13/h2-3,10-12,18H,4-9H2,1H3. The van der Waals surface area contributed by atoms with Crippen LogP contribution in [0.4, 0.5) is 0 Å². The number of methoxy groups -OCH3 is 1. The zero-order valence-corrected chi connectivity index (χ0v) is 17.7. The van der Waals surface area contributed by atoms with Crippen LogP contribution >= 0.6 is 22.7 Å². The Morgan fingerprint density at radius 2 is 1.93 bits per heavy atom. The van der Waals surface area contributed by atoms with E-state index in [1.165, 1.54) is 24.5 Å². The number of rotatable bonds is 7. The second-order valence-corrected chi connectivity index (χ2v) is 9.58. The molecule has 152 valence electrons. The molecule has 0 radical (unpaired) electrons. The molecule has 0 unspecified atom stereocenters. The first kappa shape index (κ1) is 20.9. The molecule has 0 aliphatic carbocycles. The maximum absolute atomic E-state index is 12.5. The van der Waals surface area contributed by atoms with Crippen LogP contribution in [0.15, 0.2) is 33.2 Å². The number of hydrogen-bond acceptors (Lipinski definition) is 8. The maximum atomic E-state index is 12.5. The van der Waals surface area contributed by atoms with Crippen molar-refractivity contribution in [3.8, 4) is 0 Å². The number of nitrogens with one attached hydrogen (secondary N) is 1. The zero-order valence-electron chi connectivity index (χ0n) is 15.3. The SMILES string of the molecule is COC(=O)c1sccc1S(=O)(=O)NCCN1CCN(C(=O)c2ccsc2)CC1. The molecule has 1 N–H and O–H groups in total. The molecule has 1 amide bonds. The summed E-state index contributed by atoms with van der Waals surface area (Å²) in [6, 6.07) is 3.22. The third-order valence-corrected chi connectivity index (χ3v) is 7.65. The van der Waals surface area contributed by atoms with Crippen LogP contribution in [0.2, 0.25) is 0 Å². The van der Waals surface area contributed by atoms with Gasteiger partial charge in [-0.25, -0.2) is 17.9 Å². The number of amides is 1. The fourth-order valence-electron chi connectivity index (χ4n) is 2.91. The minimum Gasteiger partial charge on any atom is -0.465 e. The number of nitrogens with zero attached hydrogens (tertiary/aromatic N) is 2. The summed E-state index contributed by atoms with van der Waals surface area (Å²) in [5.74, 6) is -0.629. The lowest BCUT2D eigenvalue weighted by Gasteiger charge is -2.34. The summed E-state index contributed by atoms with van der Waals surface area (Å²) in [5, 5.41) is 5.27. The number of carbonyl (C=O) groups excluding carboxylic acids is 2. The quantitative estimate of drug-likeness (QED) is 0.649. The van der Waals surface area contributed by atoms with Gasteiger partial charge >= 0.3 is 5.97 Å². The van der Waals surface area contributed by atoms with Crippen LogP contribution in [0.3, 0.4) is 0 Å². The van der Waals surface area contributed by atoms with Gasteiger partial charge in [0.05, 0.1) is 12.7 Å². The Kier molecular flexibility index (Phi) is 6.83. The maximum Gasteiger partial charge on any atom is 0.349 e. The Hall–Kier alpha value is -1.79. The molecule has 0 atom stereocenters. The third-order valence-electron chi connectivity index (χ3n) is 4.44. The normalized spacial score (nSPS) is 15.5. The van der Waals surface area contributed by atoms with Gasteiger partial charge < -0.3 is 9.64 Å². The highest BCUT2D eigenvalue weighted by atomic mass is 32.2. The minimum atomic E-state index is -3.79. The monoisotopic (exact) mass is 443 g/mol. The van der Waals surface area contributed by atoms with Crippen molar-refractivity contribution in [3.05, 3.63) is 38.7 Å². The number of hydrogen-bond donors (Lipinski definition) is 1. The Labute approximate surface area is 171 Å². The molecule has 11 heteroatoms. The van der Waals surface area contributed by atoms with Gasteiger partial charge in [0.25, 0.3) is 5.91 Å². The highest BCUT2D eigenvalue weighted by molar-refractivity contribution is 7.89. The van der Waals surface area contributed by atoms with E-state index in [0.29, 0.717) is 38.3 Å². The van der Waals surface area contributed by atoms with Crippen molar-refractivity contribution in [3.63, 3.8) is 0 Å². The van der Waals surface area contributed by atoms with Gasteiger partial charge in [0.15, 0.2) is 0 Å². The van der Waals surface area contributed by atoms with Crippen LogP contribution in [-0.4, -0.2) is 76.5 Å². The van der Waals surface area contributed by atoms with E-state index >= 15 is 0 Å². The fraction of sp³-hybridized carbons (Fsp3) is 0.412. The molecule has 1 fully saturated rings. The summed E-state index contributed by atoms with van der Waals surface area (Å²) in [7, 11) is -2.57. The molecule has 1 saturated heterocycles. The number of piperazine rings is 1. The molecule has 3 heterocycles. The molecule has 28 heavy (non-hydrogen) atoms. The lowest BCUT2D eigenvalue weighted by Crippen LogP contribution is -2.50. The van der Waals surface area contributed by atoms with Gasteiger partial charge in [-0.3, -0.25) is 9.69 Å². The molecule has 1 aliphatic heterocycles. The molecular formula is C17H21N3O5S3. The summed E-state index contributed by atoms with van der Waals surface area (Å²) >= 11 is 2.53. The first-order chi connectivity index (χ1) is 13.4. The molecule has 8 nitrogen and oxygen atoms in total. The number of carbonyl (C=O) groups is 2. The number of sulfonamides is 1. The van der Waals surface area contributed by atoms with Crippen LogP contribution in [0.25, 0.3) is 0 Å². The van der Waals surface area contributed by atoms with Gasteiger partial charge in [0.2, 0.25) is 10.0 Å². The van der Waals surface area contributed by atoms with E-state index in [1.807, 2.05) is 21.7 Å². The van der Waals surface area contributed by atoms with E-state index in [4.69, 9.17) is 0 Å². The largest absolute Gasteiger partial charge is 0.465 e. The smallest absolute Gasteiger partial charge is 0.349 e. The third kappa shape index (κ3) is 4.78. The predicted octanol–water partition coefficient (Wildman–Crippen LogP) is 1.33. The molecule has 2 aromatic rings. The summed E-state index contributed by atoms with van der Waals surface area (Å²) in [6.07, 6.45) is 0. The summed E-state index contributed by atoms with van der Waals surface area (Å²) < 4.78 is 32.1. The lowest BCUT2D eigenvalue weighted by atomic mass is 10.2. The van der Waals surface area contributed by atoms with Crippen LogP contribution in [-0.2, 0) is 14.8 Å². The molecule has 0 aromatic carbocycles. The van der Waals surface area contributed by atoms with E-state index in [2.05, 4.69) is 14.4 Å². The van der Waals surface area contributed by atoms with E-state index in [9.17, 15) is 18.0 Å². The number of thiophene rings is 2. The lowest BCUT2D eigenvalue weighted by molar-refractivity contribution is 0.0600. The van der Waals surface area contributed by atoms with Crippen molar-refractivity contribution in [2.24, 2.45) is 0 Å². The number of ether oxygens (including phenoxy) is 1. The fourth-order valence-corrected chi connectivity index (χ4v) is 5.89. The average Bonchev–Trinajstić information content (AvgIpc) is 3.39. The van der Waals surface area contributed by atoms with E-state index in [-0.39, 0.29) is 22.2 Å². The molecule has 2 aromatic heterocycles. The zero-order chi connectivity index (χ0) is 20.1. The van der Waals surface area contributed by atoms with Crippen LogP contribution in [0.5, 0.6) is 0 Å². The highest BCUT2D eigenvalue weighted by Gasteiger charge is 2.25. The molecule has 0 saturated carbocycles. The van der Waals surface area contributed by atoms with Gasteiger partial charge in [0, 0.05) is 44.6 Å². The van der Waals surface area contributed by atoms with Gasteiger partial charge in [-0.05, 0) is 22.9 Å². The van der Waals surface area contributed by atoms with Gasteiger partial charge in [-0.15, -0.1) is 11.3 Å². The first-order valence-electron chi connectivity index (χ1n) is 8.61. The predicted molar refractivity (Wildman–Crippen MR) is 108 cm³/mol. The van der Waals surface area contributed by atoms with E-state index in [0.717, 1.165) is 11.3 Å². The van der Waals surface area contributed by atoms with Crippen LogP contribution in [0, 0.1) is 0 Å². The Bertz CT molecular complexity index is 916. The van der Waals surface area contributed by atoms with Crippen molar-refractivity contribution in [2.45, 2.75) is 4.90 Å². The molecule has 1 aliphatic rings. The Morgan fingerprint density at radius 3 is 2.57 bits per heavy atom. The second kappa shape index (κ2) is 9.14. The van der Waals surface area contributed by atoms with Crippen molar-refractivity contribution < 1.29 is 22.7 Å². The highest BCUT2D eigenvalue weighted by Crippen LogP contribution is 2.22. The van der Waals surface area contributed by atoms with Gasteiger partial charge in [-0.2, -0.15) is 11.3 Å². The van der Waals surface area contributed by atoms with Gasteiger partial charge in [-0.1, -0.05) is 0 Å². The summed E-state index contributed by atoms with van der Waals surface area (Å²) in [4.78, 5) is 28.0. The van der Waals surface area contributed by atoms with E-state index < -0.39 is 16.0 Å². The molecule has 0 spiro atoms. The molecule has 0 bridgehead atoms. The van der Waals surface area contributed by atoms with Crippen molar-refractivity contribution >= 4 is 44.6 Å². The Balaban J connectivity index is 1.48. The van der Waals surface area contributed by atoms with Crippen molar-refractivity contribution in [1.29, 1.82) is 0 Å². The topological polar surface area (TPSA) is 96.0 Å². The molecule has 3 rings (SSSR count). The summed E-state index contributed by atoms with van der Waals surface area (Å²) in [6.45, 7) is 3.33. The van der Waals surface area contributed by atoms with Crippen molar-refractivity contribution in [1.82, 2.24) is 14.5 Å². The first-order valence-corrected chi connectivity index (χ1v) is 11.9. The Morgan fingerprint density at radius 1 is 1.18 bits per heavy atom.